The highest BCUT2D eigenvalue weighted by molar-refractivity contribution is 5.83. The Hall–Kier alpha value is -3.38. The van der Waals surface area contributed by atoms with Crippen LogP contribution in [0.15, 0.2) is 103 Å². The van der Waals surface area contributed by atoms with Crippen molar-refractivity contribution in [1.29, 1.82) is 0 Å². The molecule has 0 heterocycles. The molecule has 1 atom stereocenters. The predicted molar refractivity (Wildman–Crippen MR) is 114 cm³/mol. The first kappa shape index (κ1) is 18.0. The third kappa shape index (κ3) is 4.29. The molecule has 136 valence electrons. The molecule has 2 heteroatoms. The molecule has 28 heavy (non-hydrogen) atoms. The molecule has 0 aliphatic rings. The van der Waals surface area contributed by atoms with Crippen LogP contribution in [0.2, 0.25) is 0 Å². The van der Waals surface area contributed by atoms with Gasteiger partial charge in [-0.15, -0.1) is 0 Å². The van der Waals surface area contributed by atoms with E-state index in [4.69, 9.17) is 0 Å². The molecule has 4 aromatic rings. The van der Waals surface area contributed by atoms with Gasteiger partial charge in [0.15, 0.2) is 0 Å². The lowest BCUT2D eigenvalue weighted by molar-refractivity contribution is -0.121. The summed E-state index contributed by atoms with van der Waals surface area (Å²) < 4.78 is 0. The summed E-state index contributed by atoms with van der Waals surface area (Å²) >= 11 is 0. The van der Waals surface area contributed by atoms with E-state index >= 15 is 0 Å². The Bertz CT molecular complexity index is 1110. The Morgan fingerprint density at radius 3 is 2.11 bits per heavy atom. The summed E-state index contributed by atoms with van der Waals surface area (Å²) in [5.41, 5.74) is 2.94. The molecule has 0 fully saturated rings. The Balaban J connectivity index is 1.70. The number of fused-ring (bicyclic) bond motifs is 1. The van der Waals surface area contributed by atoms with Gasteiger partial charge in [0.25, 0.3) is 0 Å². The van der Waals surface area contributed by atoms with Gasteiger partial charge in [0.1, 0.15) is 6.04 Å². The van der Waals surface area contributed by atoms with Crippen LogP contribution in [0.3, 0.4) is 0 Å². The maximum atomic E-state index is 10.9. The number of hydrogen-bond donors (Lipinski definition) is 1. The summed E-state index contributed by atoms with van der Waals surface area (Å²) in [7, 11) is 0. The normalized spacial score (nSPS) is 11.8. The van der Waals surface area contributed by atoms with Crippen LogP contribution in [0.1, 0.15) is 22.7 Å². The summed E-state index contributed by atoms with van der Waals surface area (Å²) in [5, 5.41) is 14.5. The van der Waals surface area contributed by atoms with Crippen LogP contribution < -0.4 is 0 Å². The molecule has 1 unspecified atom stereocenters. The van der Waals surface area contributed by atoms with Crippen LogP contribution in [0.25, 0.3) is 10.8 Å². The topological polar surface area (TPSA) is 23.5 Å². The van der Waals surface area contributed by atoms with Gasteiger partial charge in [-0.1, -0.05) is 96.8 Å². The fourth-order valence-corrected chi connectivity index (χ4v) is 3.24. The molecular weight excluding hydrogens is 342 g/mol. The third-order valence-corrected chi connectivity index (χ3v) is 4.70. The summed E-state index contributed by atoms with van der Waals surface area (Å²) in [5.74, 6) is 6.47. The van der Waals surface area contributed by atoms with Crippen molar-refractivity contribution in [1.82, 2.24) is 5.06 Å². The molecule has 0 saturated carbocycles. The van der Waals surface area contributed by atoms with E-state index in [9.17, 15) is 5.21 Å². The largest absolute Gasteiger partial charge is 0.312 e. The Morgan fingerprint density at radius 2 is 1.36 bits per heavy atom. The fourth-order valence-electron chi connectivity index (χ4n) is 3.24. The van der Waals surface area contributed by atoms with Gasteiger partial charge >= 0.3 is 0 Å². The zero-order chi connectivity index (χ0) is 19.2. The predicted octanol–water partition coefficient (Wildman–Crippen LogP) is 5.82. The fraction of sp³-hybridized carbons (Fsp3) is 0.0769. The Labute approximate surface area is 165 Å². The van der Waals surface area contributed by atoms with E-state index in [1.54, 1.807) is 0 Å². The highest BCUT2D eigenvalue weighted by Gasteiger charge is 2.17. The maximum absolute atomic E-state index is 10.9. The molecule has 1 N–H and O–H groups in total. The Kier molecular flexibility index (Phi) is 5.49. The second kappa shape index (κ2) is 8.54. The van der Waals surface area contributed by atoms with Gasteiger partial charge in [0, 0.05) is 5.56 Å². The minimum atomic E-state index is -0.426. The van der Waals surface area contributed by atoms with Crippen molar-refractivity contribution < 1.29 is 5.21 Å². The van der Waals surface area contributed by atoms with Crippen LogP contribution in [0.4, 0.5) is 0 Å². The SMILES string of the molecule is ON(Cc1ccccc1)C(C#Cc1ccccc1)c1ccc2ccccc2c1. The number of nitrogens with zero attached hydrogens (tertiary/aromatic N) is 1. The molecular formula is C26H21NO. The zero-order valence-electron chi connectivity index (χ0n) is 15.5. The van der Waals surface area contributed by atoms with Gasteiger partial charge in [-0.05, 0) is 40.1 Å². The second-order valence-corrected chi connectivity index (χ2v) is 6.73. The monoisotopic (exact) mass is 363 g/mol. The second-order valence-electron chi connectivity index (χ2n) is 6.73. The summed E-state index contributed by atoms with van der Waals surface area (Å²) in [6.45, 7) is 0.405. The van der Waals surface area contributed by atoms with Crippen LogP contribution in [0, 0.1) is 11.8 Å². The molecule has 0 radical (unpaired) electrons. The standard InChI is InChI=1S/C26H21NO/c28-27(20-22-11-5-2-6-12-22)26(18-15-21-9-3-1-4-10-21)25-17-16-23-13-7-8-14-24(23)19-25/h1-14,16-17,19,26,28H,20H2. The minimum Gasteiger partial charge on any atom is -0.312 e. The van der Waals surface area contributed by atoms with Crippen molar-refractivity contribution >= 4 is 10.8 Å². The number of hydroxylamine groups is 2. The smallest absolute Gasteiger partial charge is 0.121 e. The summed E-state index contributed by atoms with van der Waals surface area (Å²) in [6, 6.07) is 33.8. The van der Waals surface area contributed by atoms with Crippen LogP contribution in [-0.2, 0) is 6.54 Å². The van der Waals surface area contributed by atoms with E-state index in [2.05, 4.69) is 36.1 Å². The molecule has 4 aromatic carbocycles. The van der Waals surface area contributed by atoms with Gasteiger partial charge in [0.05, 0.1) is 6.54 Å². The first-order chi connectivity index (χ1) is 13.8. The van der Waals surface area contributed by atoms with E-state index in [1.807, 2.05) is 78.9 Å². The first-order valence-electron chi connectivity index (χ1n) is 9.34. The molecule has 0 aliphatic carbocycles. The van der Waals surface area contributed by atoms with Gasteiger partial charge in [-0.25, -0.2) is 0 Å². The van der Waals surface area contributed by atoms with E-state index in [0.717, 1.165) is 22.1 Å². The highest BCUT2D eigenvalue weighted by atomic mass is 16.5. The van der Waals surface area contributed by atoms with Gasteiger partial charge in [-0.2, -0.15) is 5.06 Å². The minimum absolute atomic E-state index is 0.405. The van der Waals surface area contributed by atoms with Gasteiger partial charge in [-0.3, -0.25) is 0 Å². The third-order valence-electron chi connectivity index (χ3n) is 4.70. The number of hydrogen-bond acceptors (Lipinski definition) is 2. The van der Waals surface area contributed by atoms with Crippen molar-refractivity contribution in [2.24, 2.45) is 0 Å². The van der Waals surface area contributed by atoms with E-state index in [-0.39, 0.29) is 0 Å². The quantitative estimate of drug-likeness (QED) is 0.364. The lowest BCUT2D eigenvalue weighted by Gasteiger charge is -2.22. The van der Waals surface area contributed by atoms with Crippen molar-refractivity contribution in [3.05, 3.63) is 120 Å². The van der Waals surface area contributed by atoms with Crippen molar-refractivity contribution in [2.75, 3.05) is 0 Å². The van der Waals surface area contributed by atoms with E-state index in [0.29, 0.717) is 6.54 Å². The molecule has 0 aliphatic heterocycles. The molecule has 0 amide bonds. The molecule has 2 nitrogen and oxygen atoms in total. The zero-order valence-corrected chi connectivity index (χ0v) is 15.5. The molecule has 0 saturated heterocycles. The number of benzene rings is 4. The van der Waals surface area contributed by atoms with Crippen LogP contribution in [0.5, 0.6) is 0 Å². The molecule has 0 bridgehead atoms. The maximum Gasteiger partial charge on any atom is 0.121 e. The highest BCUT2D eigenvalue weighted by Crippen LogP contribution is 2.25. The van der Waals surface area contributed by atoms with Gasteiger partial charge in [0.2, 0.25) is 0 Å². The molecule has 0 aromatic heterocycles. The lowest BCUT2D eigenvalue weighted by Crippen LogP contribution is -2.24. The first-order valence-corrected chi connectivity index (χ1v) is 9.34. The average Bonchev–Trinajstić information content (AvgIpc) is 2.75. The number of rotatable bonds is 4. The molecule has 0 spiro atoms. The van der Waals surface area contributed by atoms with Crippen LogP contribution >= 0.6 is 0 Å². The van der Waals surface area contributed by atoms with E-state index in [1.165, 1.54) is 10.4 Å². The summed E-state index contributed by atoms with van der Waals surface area (Å²) in [4.78, 5) is 0. The van der Waals surface area contributed by atoms with Crippen molar-refractivity contribution in [2.45, 2.75) is 12.6 Å². The summed E-state index contributed by atoms with van der Waals surface area (Å²) in [6.07, 6.45) is 0. The van der Waals surface area contributed by atoms with E-state index < -0.39 is 6.04 Å². The van der Waals surface area contributed by atoms with Crippen LogP contribution in [-0.4, -0.2) is 10.3 Å². The average molecular weight is 363 g/mol. The lowest BCUT2D eigenvalue weighted by atomic mass is 10.0. The molecule has 4 rings (SSSR count). The van der Waals surface area contributed by atoms with Gasteiger partial charge < -0.3 is 5.21 Å². The Morgan fingerprint density at radius 1 is 0.714 bits per heavy atom. The van der Waals surface area contributed by atoms with Crippen molar-refractivity contribution in [3.8, 4) is 11.8 Å². The van der Waals surface area contributed by atoms with Crippen molar-refractivity contribution in [3.63, 3.8) is 0 Å².